The van der Waals surface area contributed by atoms with Gasteiger partial charge in [0, 0.05) is 38.4 Å². The molecule has 0 saturated carbocycles. The van der Waals surface area contributed by atoms with Gasteiger partial charge in [-0.15, -0.1) is 0 Å². The lowest BCUT2D eigenvalue weighted by Crippen LogP contribution is -2.50. The Kier molecular flexibility index (Phi) is 4.02. The minimum atomic E-state index is 0.0264. The average molecular weight is 327 g/mol. The highest BCUT2D eigenvalue weighted by atomic mass is 16.5. The number of methoxy groups -OCH3 is 1. The third-order valence-electron chi connectivity index (χ3n) is 4.70. The van der Waals surface area contributed by atoms with Crippen molar-refractivity contribution in [2.24, 2.45) is 5.92 Å². The number of fused-ring (bicyclic) bond motifs is 1. The molecule has 2 aromatic heterocycles. The Morgan fingerprint density at radius 3 is 3.04 bits per heavy atom. The second-order valence-electron chi connectivity index (χ2n) is 6.53. The van der Waals surface area contributed by atoms with Crippen LogP contribution >= 0.6 is 0 Å². The number of hydrogen-bond acceptors (Lipinski definition) is 6. The Balaban J connectivity index is 1.40. The molecule has 1 aliphatic heterocycles. The molecule has 2 aromatic rings. The van der Waals surface area contributed by atoms with Crippen LogP contribution in [0.1, 0.15) is 23.5 Å². The smallest absolute Gasteiger partial charge is 0.267 e. The number of aryl methyl sites for hydroxylation is 2. The van der Waals surface area contributed by atoms with Gasteiger partial charge in [-0.3, -0.25) is 4.79 Å². The van der Waals surface area contributed by atoms with Crippen LogP contribution in [0.15, 0.2) is 23.1 Å². The van der Waals surface area contributed by atoms with Crippen molar-refractivity contribution in [3.63, 3.8) is 0 Å². The minimum absolute atomic E-state index is 0.0264. The number of nitrogens with zero attached hydrogens (tertiary/aromatic N) is 5. The third kappa shape index (κ3) is 2.91. The maximum absolute atomic E-state index is 12.2. The van der Waals surface area contributed by atoms with Crippen LogP contribution in [-0.2, 0) is 30.7 Å². The van der Waals surface area contributed by atoms with Gasteiger partial charge in [0.1, 0.15) is 12.4 Å². The zero-order valence-corrected chi connectivity index (χ0v) is 13.8. The molecule has 3 heterocycles. The molecule has 0 radical (unpaired) electrons. The SMILES string of the molecule is COCc1nccc(N2CC(Cn3nc4c(cc3=O)CCC4)C2)n1. The largest absolute Gasteiger partial charge is 0.377 e. The van der Waals surface area contributed by atoms with Gasteiger partial charge in [-0.1, -0.05) is 0 Å². The van der Waals surface area contributed by atoms with Crippen molar-refractivity contribution in [1.82, 2.24) is 19.7 Å². The van der Waals surface area contributed by atoms with Crippen LogP contribution in [0.3, 0.4) is 0 Å². The van der Waals surface area contributed by atoms with E-state index in [1.807, 2.05) is 6.07 Å². The number of rotatable bonds is 5. The Labute approximate surface area is 140 Å². The van der Waals surface area contributed by atoms with Crippen LogP contribution in [0.2, 0.25) is 0 Å². The van der Waals surface area contributed by atoms with Crippen LogP contribution in [0, 0.1) is 5.92 Å². The molecule has 0 unspecified atom stereocenters. The van der Waals surface area contributed by atoms with E-state index in [-0.39, 0.29) is 5.56 Å². The Morgan fingerprint density at radius 2 is 2.21 bits per heavy atom. The molecule has 0 atom stereocenters. The van der Waals surface area contributed by atoms with Crippen molar-refractivity contribution in [2.45, 2.75) is 32.4 Å². The van der Waals surface area contributed by atoms with Gasteiger partial charge >= 0.3 is 0 Å². The molecule has 24 heavy (non-hydrogen) atoms. The predicted molar refractivity (Wildman–Crippen MR) is 89.0 cm³/mol. The normalized spacial score (nSPS) is 17.0. The van der Waals surface area contributed by atoms with Crippen molar-refractivity contribution in [3.8, 4) is 0 Å². The molecular formula is C17H21N5O2. The fourth-order valence-electron chi connectivity index (χ4n) is 3.45. The van der Waals surface area contributed by atoms with E-state index in [1.54, 1.807) is 24.1 Å². The summed E-state index contributed by atoms with van der Waals surface area (Å²) in [7, 11) is 1.64. The molecule has 7 heteroatoms. The summed E-state index contributed by atoms with van der Waals surface area (Å²) < 4.78 is 6.72. The van der Waals surface area contributed by atoms with Crippen molar-refractivity contribution >= 4 is 5.82 Å². The number of hydrogen-bond donors (Lipinski definition) is 0. The van der Waals surface area contributed by atoms with Gasteiger partial charge in [-0.05, 0) is 30.9 Å². The molecule has 1 aliphatic carbocycles. The van der Waals surface area contributed by atoms with Gasteiger partial charge in [0.25, 0.3) is 5.56 Å². The van der Waals surface area contributed by atoms with E-state index in [2.05, 4.69) is 20.0 Å². The van der Waals surface area contributed by atoms with E-state index in [0.29, 0.717) is 24.9 Å². The van der Waals surface area contributed by atoms with Gasteiger partial charge in [0.2, 0.25) is 0 Å². The molecule has 1 saturated heterocycles. The zero-order valence-electron chi connectivity index (χ0n) is 13.8. The summed E-state index contributed by atoms with van der Waals surface area (Å²) in [4.78, 5) is 23.1. The second kappa shape index (κ2) is 6.32. The summed E-state index contributed by atoms with van der Waals surface area (Å²) in [6, 6.07) is 3.68. The van der Waals surface area contributed by atoms with E-state index in [0.717, 1.165) is 49.4 Å². The van der Waals surface area contributed by atoms with Gasteiger partial charge in [0.05, 0.1) is 12.2 Å². The first kappa shape index (κ1) is 15.3. The van der Waals surface area contributed by atoms with Crippen molar-refractivity contribution < 1.29 is 4.74 Å². The molecule has 4 rings (SSSR count). The second-order valence-corrected chi connectivity index (χ2v) is 6.53. The highest BCUT2D eigenvalue weighted by Gasteiger charge is 2.29. The lowest BCUT2D eigenvalue weighted by Gasteiger charge is -2.40. The lowest BCUT2D eigenvalue weighted by atomic mass is 10.0. The summed E-state index contributed by atoms with van der Waals surface area (Å²) in [6.07, 6.45) is 4.86. The Bertz CT molecular complexity index is 798. The van der Waals surface area contributed by atoms with E-state index < -0.39 is 0 Å². The van der Waals surface area contributed by atoms with Crippen LogP contribution in [0.5, 0.6) is 0 Å². The fraction of sp³-hybridized carbons (Fsp3) is 0.529. The number of aromatic nitrogens is 4. The first-order chi connectivity index (χ1) is 11.7. The average Bonchev–Trinajstić information content (AvgIpc) is 2.98. The first-order valence-electron chi connectivity index (χ1n) is 8.38. The van der Waals surface area contributed by atoms with Crippen molar-refractivity contribution in [3.05, 3.63) is 45.8 Å². The lowest BCUT2D eigenvalue weighted by molar-refractivity contribution is 0.177. The molecule has 1 fully saturated rings. The third-order valence-corrected chi connectivity index (χ3v) is 4.70. The summed E-state index contributed by atoms with van der Waals surface area (Å²) in [5.41, 5.74) is 2.27. The molecule has 0 N–H and O–H groups in total. The zero-order chi connectivity index (χ0) is 16.5. The van der Waals surface area contributed by atoms with Crippen LogP contribution in [-0.4, -0.2) is 39.9 Å². The van der Waals surface area contributed by atoms with E-state index >= 15 is 0 Å². The van der Waals surface area contributed by atoms with E-state index in [1.165, 1.54) is 0 Å². The van der Waals surface area contributed by atoms with E-state index in [9.17, 15) is 4.79 Å². The number of anilines is 1. The fourth-order valence-corrected chi connectivity index (χ4v) is 3.45. The molecule has 0 aromatic carbocycles. The molecule has 2 aliphatic rings. The molecule has 0 amide bonds. The topological polar surface area (TPSA) is 73.1 Å². The highest BCUT2D eigenvalue weighted by Crippen LogP contribution is 2.24. The van der Waals surface area contributed by atoms with Crippen molar-refractivity contribution in [1.29, 1.82) is 0 Å². The Hall–Kier alpha value is -2.28. The maximum atomic E-state index is 12.2. The first-order valence-corrected chi connectivity index (χ1v) is 8.38. The molecule has 0 spiro atoms. The minimum Gasteiger partial charge on any atom is -0.377 e. The predicted octanol–water partition coefficient (Wildman–Crippen LogP) is 0.805. The van der Waals surface area contributed by atoms with Gasteiger partial charge in [-0.2, -0.15) is 5.10 Å². The summed E-state index contributed by atoms with van der Waals surface area (Å²) in [5, 5.41) is 4.55. The van der Waals surface area contributed by atoms with Crippen LogP contribution < -0.4 is 10.5 Å². The van der Waals surface area contributed by atoms with Gasteiger partial charge < -0.3 is 9.64 Å². The monoisotopic (exact) mass is 327 g/mol. The van der Waals surface area contributed by atoms with Crippen LogP contribution in [0.25, 0.3) is 0 Å². The molecule has 7 nitrogen and oxygen atoms in total. The molecular weight excluding hydrogens is 306 g/mol. The summed E-state index contributed by atoms with van der Waals surface area (Å²) in [5.74, 6) is 2.04. The molecule has 126 valence electrons. The molecule has 0 bridgehead atoms. The maximum Gasteiger partial charge on any atom is 0.267 e. The number of ether oxygens (including phenoxy) is 1. The summed E-state index contributed by atoms with van der Waals surface area (Å²) in [6.45, 7) is 2.86. The highest BCUT2D eigenvalue weighted by molar-refractivity contribution is 5.40. The summed E-state index contributed by atoms with van der Waals surface area (Å²) >= 11 is 0. The standard InChI is InChI=1S/C17H21N5O2/c1-24-11-15-18-6-5-16(19-15)21-8-12(9-21)10-22-17(23)7-13-3-2-4-14(13)20-22/h5-7,12H,2-4,8-11H2,1H3. The Morgan fingerprint density at radius 1 is 1.33 bits per heavy atom. The van der Waals surface area contributed by atoms with Gasteiger partial charge in [-0.25, -0.2) is 14.6 Å². The van der Waals surface area contributed by atoms with Crippen LogP contribution in [0.4, 0.5) is 5.82 Å². The van der Waals surface area contributed by atoms with Crippen molar-refractivity contribution in [2.75, 3.05) is 25.1 Å². The quantitative estimate of drug-likeness (QED) is 0.809. The van der Waals surface area contributed by atoms with E-state index in [4.69, 9.17) is 4.74 Å². The van der Waals surface area contributed by atoms with Gasteiger partial charge in [0.15, 0.2) is 5.82 Å².